The van der Waals surface area contributed by atoms with Crippen molar-refractivity contribution in [2.24, 2.45) is 0 Å². The summed E-state index contributed by atoms with van der Waals surface area (Å²) in [5.41, 5.74) is 2.88. The Balaban J connectivity index is 1.73. The van der Waals surface area contributed by atoms with Gasteiger partial charge in [0.2, 0.25) is 0 Å². The van der Waals surface area contributed by atoms with E-state index in [9.17, 15) is 0 Å². The van der Waals surface area contributed by atoms with E-state index >= 15 is 0 Å². The fraction of sp³-hybridized carbons (Fsp3) is 0.333. The van der Waals surface area contributed by atoms with Crippen molar-refractivity contribution in [1.82, 2.24) is 0 Å². The third kappa shape index (κ3) is 3.05. The van der Waals surface area contributed by atoms with Crippen LogP contribution in [0.4, 0.5) is 0 Å². The van der Waals surface area contributed by atoms with Crippen LogP contribution in [0.2, 0.25) is 0 Å². The molecule has 0 radical (unpaired) electrons. The molecule has 0 saturated carbocycles. The summed E-state index contributed by atoms with van der Waals surface area (Å²) in [6, 6.07) is 10.5. The smallest absolute Gasteiger partial charge is 0.399 e. The van der Waals surface area contributed by atoms with Crippen LogP contribution in [0.1, 0.15) is 38.8 Å². The van der Waals surface area contributed by atoms with E-state index in [1.807, 2.05) is 0 Å². The van der Waals surface area contributed by atoms with Crippen LogP contribution in [-0.4, -0.2) is 18.3 Å². The molecule has 0 atom stereocenters. The molecule has 1 fully saturated rings. The lowest BCUT2D eigenvalue weighted by atomic mass is 9.79. The zero-order chi connectivity index (χ0) is 15.8. The van der Waals surface area contributed by atoms with Crippen LogP contribution in [0, 0.1) is 0 Å². The van der Waals surface area contributed by atoms with E-state index in [4.69, 9.17) is 9.31 Å². The third-order valence-corrected chi connectivity index (χ3v) is 5.17. The molecule has 0 bridgehead atoms. The summed E-state index contributed by atoms with van der Waals surface area (Å²) < 4.78 is 12.1. The molecule has 1 aliphatic rings. The van der Waals surface area contributed by atoms with E-state index < -0.39 is 0 Å². The lowest BCUT2D eigenvalue weighted by Crippen LogP contribution is -2.41. The van der Waals surface area contributed by atoms with Gasteiger partial charge in [-0.25, -0.2) is 0 Å². The van der Waals surface area contributed by atoms with Crippen LogP contribution >= 0.6 is 11.3 Å². The van der Waals surface area contributed by atoms with Gasteiger partial charge in [-0.2, -0.15) is 11.3 Å². The van der Waals surface area contributed by atoms with Crippen molar-refractivity contribution in [1.29, 1.82) is 0 Å². The highest BCUT2D eigenvalue weighted by molar-refractivity contribution is 7.08. The first kappa shape index (κ1) is 15.5. The average molecular weight is 312 g/mol. The maximum absolute atomic E-state index is 6.07. The second kappa shape index (κ2) is 5.69. The molecular formula is C18H21BO2S. The third-order valence-electron chi connectivity index (χ3n) is 4.47. The van der Waals surface area contributed by atoms with Gasteiger partial charge in [0, 0.05) is 0 Å². The SMILES string of the molecule is CC1(C)OB(c2ccc(/C=C/c3ccsc3)cc2)OC1(C)C. The molecule has 0 spiro atoms. The van der Waals surface area contributed by atoms with Crippen LogP contribution in [0.3, 0.4) is 0 Å². The van der Waals surface area contributed by atoms with Gasteiger partial charge < -0.3 is 9.31 Å². The monoisotopic (exact) mass is 312 g/mol. The summed E-state index contributed by atoms with van der Waals surface area (Å²) in [5.74, 6) is 0. The fourth-order valence-corrected chi connectivity index (χ4v) is 2.93. The van der Waals surface area contributed by atoms with Gasteiger partial charge in [-0.1, -0.05) is 36.4 Å². The Morgan fingerprint density at radius 3 is 2.00 bits per heavy atom. The number of rotatable bonds is 3. The van der Waals surface area contributed by atoms with Gasteiger partial charge >= 0.3 is 7.12 Å². The van der Waals surface area contributed by atoms with Gasteiger partial charge in [-0.15, -0.1) is 0 Å². The molecule has 0 amide bonds. The summed E-state index contributed by atoms with van der Waals surface area (Å²) in [6.07, 6.45) is 4.25. The van der Waals surface area contributed by atoms with E-state index in [-0.39, 0.29) is 18.3 Å². The van der Waals surface area contributed by atoms with Crippen molar-refractivity contribution in [3.05, 3.63) is 52.2 Å². The summed E-state index contributed by atoms with van der Waals surface area (Å²) in [5, 5.41) is 4.22. The molecular weight excluding hydrogens is 291 g/mol. The predicted octanol–water partition coefficient (Wildman–Crippen LogP) is 4.22. The minimum Gasteiger partial charge on any atom is -0.399 e. The van der Waals surface area contributed by atoms with Gasteiger partial charge in [0.15, 0.2) is 0 Å². The van der Waals surface area contributed by atoms with Crippen molar-refractivity contribution in [2.45, 2.75) is 38.9 Å². The van der Waals surface area contributed by atoms with Crippen molar-refractivity contribution in [3.8, 4) is 0 Å². The molecule has 1 aromatic heterocycles. The Morgan fingerprint density at radius 2 is 1.45 bits per heavy atom. The minimum absolute atomic E-state index is 0.292. The number of hydrogen-bond acceptors (Lipinski definition) is 3. The largest absolute Gasteiger partial charge is 0.494 e. The molecule has 22 heavy (non-hydrogen) atoms. The highest BCUT2D eigenvalue weighted by atomic mass is 32.1. The van der Waals surface area contributed by atoms with Gasteiger partial charge in [0.1, 0.15) is 0 Å². The lowest BCUT2D eigenvalue weighted by molar-refractivity contribution is 0.00578. The van der Waals surface area contributed by atoms with Gasteiger partial charge in [-0.05, 0) is 61.1 Å². The van der Waals surface area contributed by atoms with Crippen LogP contribution in [0.25, 0.3) is 12.2 Å². The first-order valence-corrected chi connectivity index (χ1v) is 8.48. The second-order valence-corrected chi connectivity index (χ2v) is 7.42. The van der Waals surface area contributed by atoms with E-state index in [1.54, 1.807) is 11.3 Å². The summed E-state index contributed by atoms with van der Waals surface area (Å²) in [6.45, 7) is 8.30. The number of hydrogen-bond donors (Lipinski definition) is 0. The molecule has 3 rings (SSSR count). The predicted molar refractivity (Wildman–Crippen MR) is 95.4 cm³/mol. The lowest BCUT2D eigenvalue weighted by Gasteiger charge is -2.32. The quantitative estimate of drug-likeness (QED) is 0.790. The number of thiophene rings is 1. The maximum atomic E-state index is 6.07. The molecule has 1 aromatic carbocycles. The Labute approximate surface area is 136 Å². The summed E-state index contributed by atoms with van der Waals surface area (Å²) >= 11 is 1.71. The van der Waals surface area contributed by atoms with E-state index in [0.29, 0.717) is 0 Å². The molecule has 0 unspecified atom stereocenters. The Bertz CT molecular complexity index is 641. The molecule has 2 aromatic rings. The molecule has 0 N–H and O–H groups in total. The number of benzene rings is 1. The Morgan fingerprint density at radius 1 is 0.864 bits per heavy atom. The van der Waals surface area contributed by atoms with Crippen molar-refractivity contribution in [3.63, 3.8) is 0 Å². The van der Waals surface area contributed by atoms with Crippen molar-refractivity contribution < 1.29 is 9.31 Å². The van der Waals surface area contributed by atoms with Crippen LogP contribution < -0.4 is 5.46 Å². The Kier molecular flexibility index (Phi) is 4.02. The van der Waals surface area contributed by atoms with Gasteiger partial charge in [0.25, 0.3) is 0 Å². The molecule has 1 aliphatic heterocycles. The zero-order valence-corrected chi connectivity index (χ0v) is 14.3. The van der Waals surface area contributed by atoms with Crippen LogP contribution in [-0.2, 0) is 9.31 Å². The van der Waals surface area contributed by atoms with Crippen molar-refractivity contribution in [2.75, 3.05) is 0 Å². The Hall–Kier alpha value is -1.36. The molecule has 1 saturated heterocycles. The molecule has 0 aliphatic carbocycles. The molecule has 2 heterocycles. The van der Waals surface area contributed by atoms with E-state index in [1.165, 1.54) is 11.1 Å². The highest BCUT2D eigenvalue weighted by Gasteiger charge is 2.51. The molecule has 114 valence electrons. The van der Waals surface area contributed by atoms with Gasteiger partial charge in [-0.3, -0.25) is 0 Å². The first-order chi connectivity index (χ1) is 10.4. The summed E-state index contributed by atoms with van der Waals surface area (Å²) in [7, 11) is -0.292. The van der Waals surface area contributed by atoms with Crippen LogP contribution in [0.15, 0.2) is 41.1 Å². The standard InChI is InChI=1S/C18H21BO2S/c1-17(2)18(3,4)21-19(20-17)16-9-7-14(8-10-16)5-6-15-11-12-22-13-15/h5-13H,1-4H3/b6-5+. The maximum Gasteiger partial charge on any atom is 0.494 e. The molecule has 2 nitrogen and oxygen atoms in total. The minimum atomic E-state index is -0.296. The zero-order valence-electron chi connectivity index (χ0n) is 13.5. The average Bonchev–Trinajstić information content (AvgIpc) is 3.04. The highest BCUT2D eigenvalue weighted by Crippen LogP contribution is 2.36. The van der Waals surface area contributed by atoms with Crippen LogP contribution in [0.5, 0.6) is 0 Å². The fourth-order valence-electron chi connectivity index (χ4n) is 2.31. The van der Waals surface area contributed by atoms with E-state index in [0.717, 1.165) is 5.46 Å². The first-order valence-electron chi connectivity index (χ1n) is 7.53. The second-order valence-electron chi connectivity index (χ2n) is 6.64. The molecule has 4 heteroatoms. The van der Waals surface area contributed by atoms with Gasteiger partial charge in [0.05, 0.1) is 11.2 Å². The normalized spacial score (nSPS) is 19.9. The van der Waals surface area contributed by atoms with E-state index in [2.05, 4.69) is 80.9 Å². The van der Waals surface area contributed by atoms with Crippen molar-refractivity contribution >= 4 is 36.1 Å². The topological polar surface area (TPSA) is 18.5 Å². The summed E-state index contributed by atoms with van der Waals surface area (Å²) in [4.78, 5) is 0.